The van der Waals surface area contributed by atoms with Gasteiger partial charge in [0.05, 0.1) is 17.3 Å². The van der Waals surface area contributed by atoms with Crippen molar-refractivity contribution in [3.63, 3.8) is 0 Å². The van der Waals surface area contributed by atoms with Crippen LogP contribution in [0.1, 0.15) is 43.0 Å². The van der Waals surface area contributed by atoms with E-state index in [0.717, 1.165) is 22.5 Å². The van der Waals surface area contributed by atoms with E-state index in [1.807, 2.05) is 24.6 Å². The molecule has 3 aromatic rings. The monoisotopic (exact) mass is 453 g/mol. The lowest BCUT2D eigenvalue weighted by Gasteiger charge is -2.28. The molecule has 0 amide bonds. The van der Waals surface area contributed by atoms with Crippen molar-refractivity contribution >= 4 is 17.5 Å². The summed E-state index contributed by atoms with van der Waals surface area (Å²) in [7, 11) is 0. The Morgan fingerprint density at radius 2 is 1.84 bits per heavy atom. The Balaban J connectivity index is 0.000000858. The number of aromatic nitrogens is 3. The molecule has 1 aliphatic rings. The number of aryl methyl sites for hydroxylation is 1. The van der Waals surface area contributed by atoms with Gasteiger partial charge in [0.1, 0.15) is 5.82 Å². The number of thiazole rings is 1. The Morgan fingerprint density at radius 1 is 1.16 bits per heavy atom. The molecule has 1 aliphatic carbocycles. The summed E-state index contributed by atoms with van der Waals surface area (Å²) in [6, 6.07) is 6.33. The first-order valence-electron chi connectivity index (χ1n) is 9.57. The van der Waals surface area contributed by atoms with Crippen LogP contribution in [0.15, 0.2) is 35.8 Å². The van der Waals surface area contributed by atoms with E-state index in [1.165, 1.54) is 23.5 Å². The number of rotatable bonds is 3. The van der Waals surface area contributed by atoms with Crippen LogP contribution in [-0.4, -0.2) is 27.1 Å². The maximum Gasteiger partial charge on any atom is 0.391 e. The lowest BCUT2D eigenvalue weighted by molar-refractivity contribution is -0.191. The van der Waals surface area contributed by atoms with Crippen LogP contribution in [0.3, 0.4) is 0 Å². The molecule has 0 saturated heterocycles. The van der Waals surface area contributed by atoms with Gasteiger partial charge in [-0.3, -0.25) is 0 Å². The highest BCUT2D eigenvalue weighted by molar-refractivity contribution is 7.12. The third kappa shape index (κ3) is 5.45. The van der Waals surface area contributed by atoms with Crippen LogP contribution >= 0.6 is 11.3 Å². The minimum absolute atomic E-state index is 0.0583. The molecule has 164 valence electrons. The van der Waals surface area contributed by atoms with Crippen LogP contribution < -0.4 is 0 Å². The van der Waals surface area contributed by atoms with Gasteiger partial charge in [-0.05, 0) is 50.3 Å². The van der Waals surface area contributed by atoms with Crippen LogP contribution in [-0.2, 0) is 9.59 Å². The van der Waals surface area contributed by atoms with Gasteiger partial charge in [-0.2, -0.15) is 27.9 Å². The number of nitrogens with zero attached hydrogens (tertiary/aromatic N) is 3. The average Bonchev–Trinajstić information content (AvgIpc) is 3.35. The molecule has 0 atom stereocenters. The van der Waals surface area contributed by atoms with Gasteiger partial charge in [0, 0.05) is 23.1 Å². The van der Waals surface area contributed by atoms with E-state index in [9.17, 15) is 17.6 Å². The molecule has 2 heterocycles. The average molecular weight is 453 g/mol. The molecule has 0 N–H and O–H groups in total. The fourth-order valence-electron chi connectivity index (χ4n) is 3.78. The molecule has 1 fully saturated rings. The van der Waals surface area contributed by atoms with Crippen molar-refractivity contribution in [2.75, 3.05) is 0 Å². The highest BCUT2D eigenvalue weighted by atomic mass is 32.1. The van der Waals surface area contributed by atoms with Gasteiger partial charge in [0.2, 0.25) is 5.13 Å². The molecule has 4 rings (SSSR count). The van der Waals surface area contributed by atoms with Crippen molar-refractivity contribution in [2.24, 2.45) is 5.92 Å². The summed E-state index contributed by atoms with van der Waals surface area (Å²) in [4.78, 5) is 20.9. The predicted octanol–water partition coefficient (Wildman–Crippen LogP) is 5.70. The highest BCUT2D eigenvalue weighted by Crippen LogP contribution is 2.43. The maximum atomic E-state index is 13.5. The summed E-state index contributed by atoms with van der Waals surface area (Å²) in [6.45, 7) is 1.85. The molecule has 5 nitrogen and oxygen atoms in total. The predicted molar refractivity (Wildman–Crippen MR) is 105 cm³/mol. The van der Waals surface area contributed by atoms with Crippen molar-refractivity contribution in [1.82, 2.24) is 14.8 Å². The number of halogens is 4. The molecule has 0 radical (unpaired) electrons. The van der Waals surface area contributed by atoms with E-state index < -0.39 is 12.1 Å². The molecule has 1 saturated carbocycles. The van der Waals surface area contributed by atoms with E-state index in [2.05, 4.69) is 10.1 Å². The zero-order chi connectivity index (χ0) is 22.6. The molecular weight excluding hydrogens is 434 g/mol. The Morgan fingerprint density at radius 3 is 2.45 bits per heavy atom. The number of hydrogen-bond donors (Lipinski definition) is 0. The molecular formula is C21H19F4N3O2S. The van der Waals surface area contributed by atoms with Crippen LogP contribution in [0.4, 0.5) is 17.6 Å². The lowest BCUT2D eigenvalue weighted by atomic mass is 9.80. The summed E-state index contributed by atoms with van der Waals surface area (Å²) in [5.41, 5.74) is 3.15. The topological polar surface area (TPSA) is 64.8 Å². The molecule has 1 aromatic carbocycles. The molecule has 0 unspecified atom stereocenters. The summed E-state index contributed by atoms with van der Waals surface area (Å²) < 4.78 is 53.7. The van der Waals surface area contributed by atoms with Gasteiger partial charge in [-0.25, -0.2) is 14.1 Å². The fraction of sp³-hybridized carbons (Fsp3) is 0.381. The third-order valence-electron chi connectivity index (χ3n) is 5.35. The normalized spacial score (nSPS) is 18.7. The van der Waals surface area contributed by atoms with Crippen LogP contribution in [0, 0.1) is 18.7 Å². The quantitative estimate of drug-likeness (QED) is 0.478. The van der Waals surface area contributed by atoms with Gasteiger partial charge in [-0.15, -0.1) is 11.3 Å². The van der Waals surface area contributed by atoms with E-state index in [-0.39, 0.29) is 30.7 Å². The smallest absolute Gasteiger partial charge is 0.223 e. The number of benzene rings is 1. The second-order valence-corrected chi connectivity index (χ2v) is 8.15. The number of carbonyl (C=O) groups excluding carboxylic acids is 2. The van der Waals surface area contributed by atoms with Crippen molar-refractivity contribution in [1.29, 1.82) is 0 Å². The van der Waals surface area contributed by atoms with Crippen molar-refractivity contribution < 1.29 is 27.2 Å². The minimum Gasteiger partial charge on any atom is -0.223 e. The van der Waals surface area contributed by atoms with E-state index in [4.69, 9.17) is 9.59 Å². The van der Waals surface area contributed by atoms with Gasteiger partial charge >= 0.3 is 12.3 Å². The molecule has 31 heavy (non-hydrogen) atoms. The Bertz CT molecular complexity index is 1060. The first-order chi connectivity index (χ1) is 14.7. The van der Waals surface area contributed by atoms with E-state index in [0.29, 0.717) is 18.0 Å². The third-order valence-corrected chi connectivity index (χ3v) is 6.20. The number of hydrogen-bond acceptors (Lipinski definition) is 5. The van der Waals surface area contributed by atoms with E-state index >= 15 is 0 Å². The molecule has 10 heteroatoms. The summed E-state index contributed by atoms with van der Waals surface area (Å²) >= 11 is 1.42. The maximum absolute atomic E-state index is 13.5. The van der Waals surface area contributed by atoms with Crippen molar-refractivity contribution in [3.05, 3.63) is 53.0 Å². The second kappa shape index (κ2) is 9.53. The number of alkyl halides is 3. The summed E-state index contributed by atoms with van der Waals surface area (Å²) in [5, 5.41) is 7.06. The van der Waals surface area contributed by atoms with E-state index in [1.54, 1.807) is 10.7 Å². The molecule has 0 spiro atoms. The van der Waals surface area contributed by atoms with Gasteiger partial charge < -0.3 is 0 Å². The van der Waals surface area contributed by atoms with Crippen LogP contribution in [0.2, 0.25) is 0 Å². The zero-order valence-electron chi connectivity index (χ0n) is 16.5. The van der Waals surface area contributed by atoms with Gasteiger partial charge in [0.25, 0.3) is 0 Å². The van der Waals surface area contributed by atoms with Gasteiger partial charge in [0.15, 0.2) is 0 Å². The summed E-state index contributed by atoms with van der Waals surface area (Å²) in [6.07, 6.45) is -0.720. The minimum atomic E-state index is -4.10. The first-order valence-corrected chi connectivity index (χ1v) is 10.4. The van der Waals surface area contributed by atoms with Gasteiger partial charge in [-0.1, -0.05) is 12.1 Å². The van der Waals surface area contributed by atoms with Crippen molar-refractivity contribution in [3.8, 4) is 16.3 Å². The Labute approximate surface area is 179 Å². The second-order valence-electron chi connectivity index (χ2n) is 7.31. The van der Waals surface area contributed by atoms with Crippen LogP contribution in [0.5, 0.6) is 0 Å². The highest BCUT2D eigenvalue weighted by Gasteiger charge is 2.41. The fourth-order valence-corrected chi connectivity index (χ4v) is 4.61. The SMILES string of the molecule is Cc1nn(-c2nc(C3CCC(C(F)(F)F)CC3)cs2)cc1-c1cccc(F)c1.O=C=O. The van der Waals surface area contributed by atoms with Crippen molar-refractivity contribution in [2.45, 2.75) is 44.7 Å². The Hall–Kier alpha value is -2.84. The van der Waals surface area contributed by atoms with Crippen LogP contribution in [0.25, 0.3) is 16.3 Å². The Kier molecular flexibility index (Phi) is 7.02. The lowest BCUT2D eigenvalue weighted by Crippen LogP contribution is -2.27. The molecule has 0 aliphatic heterocycles. The molecule has 2 aromatic heterocycles. The summed E-state index contributed by atoms with van der Waals surface area (Å²) in [5.74, 6) is -1.44. The largest absolute Gasteiger partial charge is 0.391 e. The molecule has 0 bridgehead atoms. The first kappa shape index (κ1) is 22.8. The zero-order valence-corrected chi connectivity index (χ0v) is 17.3. The standard InChI is InChI=1S/C20H19F4N3S.CO2/c1-12-17(14-3-2-4-16(21)9-14)10-27(26-12)19-25-18(11-28-19)13-5-7-15(8-6-13)20(22,23)24;2-1-3/h2-4,9-11,13,15H,5-8H2,1H3;.